The minimum atomic E-state index is -0.415. The highest BCUT2D eigenvalue weighted by Gasteiger charge is 2.51. The molecule has 0 atom stereocenters. The molecule has 3 rings (SSSR count). The van der Waals surface area contributed by atoms with Crippen LogP contribution in [-0.2, 0) is 14.9 Å². The molecule has 20 heavy (non-hydrogen) atoms. The van der Waals surface area contributed by atoms with Crippen molar-refractivity contribution in [2.45, 2.75) is 18.3 Å². The Morgan fingerprint density at radius 1 is 1.45 bits per heavy atom. The van der Waals surface area contributed by atoms with Gasteiger partial charge in [-0.15, -0.1) is 0 Å². The van der Waals surface area contributed by atoms with E-state index in [0.717, 1.165) is 24.7 Å². The van der Waals surface area contributed by atoms with E-state index in [1.54, 1.807) is 17.0 Å². The minimum absolute atomic E-state index is 0.0219. The summed E-state index contributed by atoms with van der Waals surface area (Å²) < 4.78 is 4.64. The fourth-order valence-electron chi connectivity index (χ4n) is 2.88. The number of esters is 1. The molecule has 2 aliphatic rings. The third kappa shape index (κ3) is 1.90. The number of methoxy groups -OCH3 is 1. The number of aldehydes is 1. The van der Waals surface area contributed by atoms with Gasteiger partial charge in [0, 0.05) is 23.1 Å². The van der Waals surface area contributed by atoms with Gasteiger partial charge in [-0.05, 0) is 30.5 Å². The fraction of sp³-hybridized carbons (Fsp3) is 0.400. The van der Waals surface area contributed by atoms with Gasteiger partial charge in [0.25, 0.3) is 5.91 Å². The topological polar surface area (TPSA) is 63.7 Å². The quantitative estimate of drug-likeness (QED) is 0.612. The van der Waals surface area contributed by atoms with Gasteiger partial charge in [-0.25, -0.2) is 0 Å². The lowest BCUT2D eigenvalue weighted by Gasteiger charge is -2.34. The van der Waals surface area contributed by atoms with Gasteiger partial charge in [0.2, 0.25) is 0 Å². The Hall–Kier alpha value is -2.17. The van der Waals surface area contributed by atoms with Crippen molar-refractivity contribution in [2.75, 3.05) is 20.2 Å². The highest BCUT2D eigenvalue weighted by molar-refractivity contribution is 6.00. The second kappa shape index (κ2) is 4.44. The molecule has 1 spiro atoms. The largest absolute Gasteiger partial charge is 0.468 e. The van der Waals surface area contributed by atoms with Crippen molar-refractivity contribution in [3.05, 3.63) is 34.9 Å². The number of ether oxygens (including phenoxy) is 1. The summed E-state index contributed by atoms with van der Waals surface area (Å²) in [6, 6.07) is 5.13. The predicted molar refractivity (Wildman–Crippen MR) is 70.7 cm³/mol. The van der Waals surface area contributed by atoms with Crippen LogP contribution in [0.4, 0.5) is 0 Å². The normalized spacial score (nSPS) is 18.6. The van der Waals surface area contributed by atoms with E-state index in [4.69, 9.17) is 0 Å². The molecule has 1 aliphatic heterocycles. The molecule has 0 N–H and O–H groups in total. The Morgan fingerprint density at radius 2 is 2.20 bits per heavy atom. The molecule has 1 amide bonds. The number of hydrogen-bond acceptors (Lipinski definition) is 4. The van der Waals surface area contributed by atoms with Gasteiger partial charge in [0.1, 0.15) is 12.8 Å². The maximum absolute atomic E-state index is 12.4. The highest BCUT2D eigenvalue weighted by Crippen LogP contribution is 2.52. The third-order valence-electron chi connectivity index (χ3n) is 4.16. The number of rotatable bonds is 3. The predicted octanol–water partition coefficient (Wildman–Crippen LogP) is 1.16. The van der Waals surface area contributed by atoms with Gasteiger partial charge in [0.05, 0.1) is 7.11 Å². The summed E-state index contributed by atoms with van der Waals surface area (Å²) in [7, 11) is 1.31. The van der Waals surface area contributed by atoms with E-state index in [2.05, 4.69) is 4.74 Å². The zero-order valence-corrected chi connectivity index (χ0v) is 11.2. The first-order chi connectivity index (χ1) is 9.59. The number of nitrogens with zero attached hydrogens (tertiary/aromatic N) is 1. The molecule has 0 aromatic heterocycles. The maximum Gasteiger partial charge on any atom is 0.325 e. The standard InChI is InChI=1S/C15H15NO4/c1-20-13(18)7-16-9-15(4-5-15)12-6-10(8-17)2-3-11(12)14(16)19/h2-3,6,8H,4-5,7,9H2,1H3. The fourth-order valence-corrected chi connectivity index (χ4v) is 2.88. The van der Waals surface area contributed by atoms with E-state index < -0.39 is 5.97 Å². The third-order valence-corrected chi connectivity index (χ3v) is 4.16. The SMILES string of the molecule is COC(=O)CN1CC2(CC2)c2cc(C=O)ccc2C1=O. The number of carbonyl (C=O) groups is 3. The molecule has 0 radical (unpaired) electrons. The first-order valence-electron chi connectivity index (χ1n) is 6.55. The van der Waals surface area contributed by atoms with Crippen LogP contribution in [0.3, 0.4) is 0 Å². The molecule has 0 saturated heterocycles. The second-order valence-corrected chi connectivity index (χ2v) is 5.44. The van der Waals surface area contributed by atoms with E-state index in [1.807, 2.05) is 6.07 Å². The monoisotopic (exact) mass is 273 g/mol. The Kier molecular flexibility index (Phi) is 2.85. The lowest BCUT2D eigenvalue weighted by Crippen LogP contribution is -2.46. The molecular weight excluding hydrogens is 258 g/mol. The van der Waals surface area contributed by atoms with Crippen molar-refractivity contribution in [2.24, 2.45) is 0 Å². The Bertz CT molecular complexity index is 604. The Morgan fingerprint density at radius 3 is 2.80 bits per heavy atom. The van der Waals surface area contributed by atoms with E-state index >= 15 is 0 Å². The molecule has 1 aliphatic carbocycles. The maximum atomic E-state index is 12.4. The molecular formula is C15H15NO4. The Balaban J connectivity index is 1.99. The van der Waals surface area contributed by atoms with Crippen LogP contribution < -0.4 is 0 Å². The molecule has 5 heteroatoms. The molecule has 104 valence electrons. The van der Waals surface area contributed by atoms with Gasteiger partial charge in [-0.2, -0.15) is 0 Å². The van der Waals surface area contributed by atoms with Crippen LogP contribution in [0.25, 0.3) is 0 Å². The van der Waals surface area contributed by atoms with Crippen LogP contribution in [0.15, 0.2) is 18.2 Å². The van der Waals surface area contributed by atoms with Crippen molar-refractivity contribution >= 4 is 18.2 Å². The van der Waals surface area contributed by atoms with Crippen LogP contribution in [-0.4, -0.2) is 43.3 Å². The van der Waals surface area contributed by atoms with Crippen LogP contribution in [0.2, 0.25) is 0 Å². The first kappa shape index (κ1) is 12.8. The summed E-state index contributed by atoms with van der Waals surface area (Å²) in [4.78, 5) is 36.3. The number of carbonyl (C=O) groups excluding carboxylic acids is 3. The summed E-state index contributed by atoms with van der Waals surface area (Å²) >= 11 is 0. The van der Waals surface area contributed by atoms with Crippen LogP contribution in [0, 0.1) is 0 Å². The molecule has 1 aromatic carbocycles. The smallest absolute Gasteiger partial charge is 0.325 e. The molecule has 1 fully saturated rings. The number of fused-ring (bicyclic) bond motifs is 2. The van der Waals surface area contributed by atoms with Crippen LogP contribution in [0.5, 0.6) is 0 Å². The summed E-state index contributed by atoms with van der Waals surface area (Å²) in [6.45, 7) is 0.502. The summed E-state index contributed by atoms with van der Waals surface area (Å²) in [6.07, 6.45) is 2.75. The van der Waals surface area contributed by atoms with Crippen molar-refractivity contribution in [3.63, 3.8) is 0 Å². The second-order valence-electron chi connectivity index (χ2n) is 5.44. The van der Waals surface area contributed by atoms with Crippen molar-refractivity contribution < 1.29 is 19.1 Å². The van der Waals surface area contributed by atoms with Gasteiger partial charge in [0.15, 0.2) is 0 Å². The molecule has 1 saturated carbocycles. The van der Waals surface area contributed by atoms with E-state index in [9.17, 15) is 14.4 Å². The average Bonchev–Trinajstić information content (AvgIpc) is 3.24. The zero-order valence-electron chi connectivity index (χ0n) is 11.2. The average molecular weight is 273 g/mol. The van der Waals surface area contributed by atoms with E-state index in [-0.39, 0.29) is 17.9 Å². The van der Waals surface area contributed by atoms with Gasteiger partial charge < -0.3 is 9.64 Å². The van der Waals surface area contributed by atoms with Crippen molar-refractivity contribution in [1.82, 2.24) is 4.90 Å². The lowest BCUT2D eigenvalue weighted by molar-refractivity contribution is -0.141. The van der Waals surface area contributed by atoms with Crippen LogP contribution >= 0.6 is 0 Å². The van der Waals surface area contributed by atoms with Gasteiger partial charge >= 0.3 is 5.97 Å². The summed E-state index contributed by atoms with van der Waals surface area (Å²) in [5, 5.41) is 0. The highest BCUT2D eigenvalue weighted by atomic mass is 16.5. The van der Waals surface area contributed by atoms with Gasteiger partial charge in [-0.3, -0.25) is 14.4 Å². The Labute approximate surface area is 116 Å². The van der Waals surface area contributed by atoms with Gasteiger partial charge in [-0.1, -0.05) is 6.07 Å². The van der Waals surface area contributed by atoms with Crippen molar-refractivity contribution in [1.29, 1.82) is 0 Å². The summed E-state index contributed by atoms with van der Waals surface area (Å²) in [5.41, 5.74) is 2.07. The van der Waals surface area contributed by atoms with E-state index in [1.165, 1.54) is 7.11 Å². The lowest BCUT2D eigenvalue weighted by atomic mass is 9.85. The molecule has 0 bridgehead atoms. The number of benzene rings is 1. The molecule has 0 unspecified atom stereocenters. The molecule has 1 aromatic rings. The first-order valence-corrected chi connectivity index (χ1v) is 6.55. The number of amides is 1. The minimum Gasteiger partial charge on any atom is -0.468 e. The van der Waals surface area contributed by atoms with Crippen molar-refractivity contribution in [3.8, 4) is 0 Å². The van der Waals surface area contributed by atoms with Crippen LogP contribution in [0.1, 0.15) is 39.1 Å². The summed E-state index contributed by atoms with van der Waals surface area (Å²) in [5.74, 6) is -0.581. The zero-order chi connectivity index (χ0) is 14.3. The number of hydrogen-bond donors (Lipinski definition) is 0. The molecule has 5 nitrogen and oxygen atoms in total. The molecule has 1 heterocycles. The van der Waals surface area contributed by atoms with E-state index in [0.29, 0.717) is 17.7 Å².